The SMILES string of the molecule is CC(C)(C)OC(=O)NCC(N)C1CC2CCC1O2. The lowest BCUT2D eigenvalue weighted by atomic mass is 9.84. The maximum absolute atomic E-state index is 11.5. The molecule has 5 nitrogen and oxygen atoms in total. The first kappa shape index (κ1) is 13.6. The van der Waals surface area contributed by atoms with Gasteiger partial charge in [0.1, 0.15) is 5.60 Å². The van der Waals surface area contributed by atoms with Gasteiger partial charge in [0.2, 0.25) is 0 Å². The highest BCUT2D eigenvalue weighted by molar-refractivity contribution is 5.67. The van der Waals surface area contributed by atoms with Crippen LogP contribution in [0.25, 0.3) is 0 Å². The smallest absolute Gasteiger partial charge is 0.407 e. The number of ether oxygens (including phenoxy) is 2. The quantitative estimate of drug-likeness (QED) is 0.800. The van der Waals surface area contributed by atoms with Gasteiger partial charge in [-0.15, -0.1) is 0 Å². The molecule has 2 saturated heterocycles. The Morgan fingerprint density at radius 2 is 2.22 bits per heavy atom. The summed E-state index contributed by atoms with van der Waals surface area (Å²) in [6.07, 6.45) is 3.59. The lowest BCUT2D eigenvalue weighted by Crippen LogP contribution is -2.46. The van der Waals surface area contributed by atoms with Crippen LogP contribution in [0.5, 0.6) is 0 Å². The fourth-order valence-corrected chi connectivity index (χ4v) is 2.79. The molecule has 0 aromatic rings. The van der Waals surface area contributed by atoms with Gasteiger partial charge < -0.3 is 20.5 Å². The van der Waals surface area contributed by atoms with Gasteiger partial charge in [-0.2, -0.15) is 0 Å². The molecular formula is C13H24N2O3. The van der Waals surface area contributed by atoms with E-state index in [-0.39, 0.29) is 6.04 Å². The van der Waals surface area contributed by atoms with Gasteiger partial charge in [0.25, 0.3) is 0 Å². The van der Waals surface area contributed by atoms with Crippen molar-refractivity contribution < 1.29 is 14.3 Å². The van der Waals surface area contributed by atoms with Crippen LogP contribution in [0.2, 0.25) is 0 Å². The molecule has 1 amide bonds. The Kier molecular flexibility index (Phi) is 3.82. The molecule has 0 radical (unpaired) electrons. The third kappa shape index (κ3) is 3.36. The predicted octanol–water partition coefficient (Wildman–Crippen LogP) is 1.41. The van der Waals surface area contributed by atoms with Gasteiger partial charge in [0, 0.05) is 18.5 Å². The van der Waals surface area contributed by atoms with Crippen LogP contribution >= 0.6 is 0 Å². The zero-order chi connectivity index (χ0) is 13.3. The van der Waals surface area contributed by atoms with Gasteiger partial charge in [-0.05, 0) is 40.0 Å². The van der Waals surface area contributed by atoms with Gasteiger partial charge in [-0.1, -0.05) is 0 Å². The molecule has 0 saturated carbocycles. The Morgan fingerprint density at radius 1 is 1.50 bits per heavy atom. The topological polar surface area (TPSA) is 73.6 Å². The lowest BCUT2D eigenvalue weighted by molar-refractivity contribution is 0.0512. The van der Waals surface area contributed by atoms with E-state index in [0.717, 1.165) is 19.3 Å². The second-order valence-corrected chi connectivity index (χ2v) is 6.32. The van der Waals surface area contributed by atoms with Crippen molar-refractivity contribution in [1.82, 2.24) is 5.32 Å². The molecule has 2 aliphatic heterocycles. The fourth-order valence-electron chi connectivity index (χ4n) is 2.79. The Bertz CT molecular complexity index is 314. The maximum Gasteiger partial charge on any atom is 0.407 e. The predicted molar refractivity (Wildman–Crippen MR) is 68.2 cm³/mol. The molecule has 104 valence electrons. The third-order valence-corrected chi connectivity index (χ3v) is 3.58. The average molecular weight is 256 g/mol. The number of hydrogen-bond donors (Lipinski definition) is 2. The molecule has 2 rings (SSSR count). The van der Waals surface area contributed by atoms with Gasteiger partial charge in [-0.25, -0.2) is 4.79 Å². The van der Waals surface area contributed by atoms with Gasteiger partial charge in [-0.3, -0.25) is 0 Å². The lowest BCUT2D eigenvalue weighted by Gasteiger charge is -2.26. The van der Waals surface area contributed by atoms with E-state index in [4.69, 9.17) is 15.2 Å². The molecule has 0 spiro atoms. The molecule has 5 heteroatoms. The average Bonchev–Trinajstić information content (AvgIpc) is 2.84. The Morgan fingerprint density at radius 3 is 2.72 bits per heavy atom. The number of carbonyl (C=O) groups excluding carboxylic acids is 1. The Hall–Kier alpha value is -0.810. The molecule has 0 aromatic heterocycles. The van der Waals surface area contributed by atoms with Crippen molar-refractivity contribution in [2.24, 2.45) is 11.7 Å². The molecular weight excluding hydrogens is 232 g/mol. The number of hydrogen-bond acceptors (Lipinski definition) is 4. The summed E-state index contributed by atoms with van der Waals surface area (Å²) in [5.74, 6) is 0.374. The molecule has 2 heterocycles. The summed E-state index contributed by atoms with van der Waals surface area (Å²) in [4.78, 5) is 11.5. The molecule has 2 bridgehead atoms. The minimum absolute atomic E-state index is 0.0483. The first-order valence-electron chi connectivity index (χ1n) is 6.73. The number of amides is 1. The van der Waals surface area contributed by atoms with Gasteiger partial charge in [0.05, 0.1) is 12.2 Å². The number of nitrogens with two attached hydrogens (primary N) is 1. The van der Waals surface area contributed by atoms with Crippen LogP contribution in [-0.4, -0.2) is 36.5 Å². The zero-order valence-corrected chi connectivity index (χ0v) is 11.4. The van der Waals surface area contributed by atoms with E-state index in [1.165, 1.54) is 0 Å². The van der Waals surface area contributed by atoms with E-state index in [2.05, 4.69) is 5.32 Å². The first-order chi connectivity index (χ1) is 8.35. The van der Waals surface area contributed by atoms with Crippen molar-refractivity contribution in [3.63, 3.8) is 0 Å². The summed E-state index contributed by atoms with van der Waals surface area (Å²) in [5.41, 5.74) is 5.66. The summed E-state index contributed by atoms with van der Waals surface area (Å²) in [6, 6.07) is -0.0483. The number of alkyl carbamates (subject to hydrolysis) is 1. The number of nitrogens with one attached hydrogen (secondary N) is 1. The fraction of sp³-hybridized carbons (Fsp3) is 0.923. The number of rotatable bonds is 3. The normalized spacial score (nSPS) is 32.3. The van der Waals surface area contributed by atoms with Gasteiger partial charge in [0.15, 0.2) is 0 Å². The molecule has 2 aliphatic rings. The number of fused-ring (bicyclic) bond motifs is 2. The van der Waals surface area contributed by atoms with Crippen molar-refractivity contribution >= 4 is 6.09 Å². The minimum Gasteiger partial charge on any atom is -0.444 e. The van der Waals surface area contributed by atoms with Crippen LogP contribution in [-0.2, 0) is 9.47 Å². The van der Waals surface area contributed by atoms with Crippen LogP contribution in [0.1, 0.15) is 40.0 Å². The Balaban J connectivity index is 1.72. The zero-order valence-electron chi connectivity index (χ0n) is 11.4. The molecule has 0 aliphatic carbocycles. The molecule has 4 unspecified atom stereocenters. The van der Waals surface area contributed by atoms with E-state index >= 15 is 0 Å². The van der Waals surface area contributed by atoms with E-state index in [9.17, 15) is 4.79 Å². The monoisotopic (exact) mass is 256 g/mol. The molecule has 0 aromatic carbocycles. The van der Waals surface area contributed by atoms with Crippen molar-refractivity contribution in [1.29, 1.82) is 0 Å². The summed E-state index contributed by atoms with van der Waals surface area (Å²) in [5, 5.41) is 2.73. The van der Waals surface area contributed by atoms with E-state index < -0.39 is 11.7 Å². The molecule has 4 atom stereocenters. The largest absolute Gasteiger partial charge is 0.444 e. The number of carbonyl (C=O) groups is 1. The van der Waals surface area contributed by atoms with E-state index in [1.807, 2.05) is 20.8 Å². The van der Waals surface area contributed by atoms with Crippen molar-refractivity contribution in [2.75, 3.05) is 6.54 Å². The molecule has 18 heavy (non-hydrogen) atoms. The standard InChI is InChI=1S/C13H24N2O3/c1-13(2,3)18-12(16)15-7-10(14)9-6-8-4-5-11(9)17-8/h8-11H,4-7,14H2,1-3H3,(H,15,16). The van der Waals surface area contributed by atoms with Crippen molar-refractivity contribution in [3.05, 3.63) is 0 Å². The van der Waals surface area contributed by atoms with Crippen LogP contribution in [0.4, 0.5) is 4.79 Å². The highest BCUT2D eigenvalue weighted by Gasteiger charge is 2.43. The van der Waals surface area contributed by atoms with Crippen LogP contribution in [0.3, 0.4) is 0 Å². The second kappa shape index (κ2) is 5.05. The van der Waals surface area contributed by atoms with Gasteiger partial charge >= 0.3 is 6.09 Å². The van der Waals surface area contributed by atoms with Crippen LogP contribution in [0.15, 0.2) is 0 Å². The summed E-state index contributed by atoms with van der Waals surface area (Å²) >= 11 is 0. The summed E-state index contributed by atoms with van der Waals surface area (Å²) in [6.45, 7) is 5.98. The van der Waals surface area contributed by atoms with E-state index in [1.54, 1.807) is 0 Å². The summed E-state index contributed by atoms with van der Waals surface area (Å²) in [7, 11) is 0. The highest BCUT2D eigenvalue weighted by Crippen LogP contribution is 2.39. The summed E-state index contributed by atoms with van der Waals surface area (Å²) < 4.78 is 10.9. The van der Waals surface area contributed by atoms with E-state index in [0.29, 0.717) is 24.7 Å². The third-order valence-electron chi connectivity index (χ3n) is 3.58. The van der Waals surface area contributed by atoms with Crippen molar-refractivity contribution in [3.8, 4) is 0 Å². The first-order valence-corrected chi connectivity index (χ1v) is 6.73. The van der Waals surface area contributed by atoms with Crippen LogP contribution in [0, 0.1) is 5.92 Å². The van der Waals surface area contributed by atoms with Crippen LogP contribution < -0.4 is 11.1 Å². The Labute approximate surface area is 108 Å². The molecule has 2 fully saturated rings. The van der Waals surface area contributed by atoms with Crippen molar-refractivity contribution in [2.45, 2.75) is 63.9 Å². The highest BCUT2D eigenvalue weighted by atomic mass is 16.6. The second-order valence-electron chi connectivity index (χ2n) is 6.32. The minimum atomic E-state index is -0.469. The maximum atomic E-state index is 11.5. The molecule has 3 N–H and O–H groups in total.